The molecule has 4 bridgehead atoms. The highest BCUT2D eigenvalue weighted by Gasteiger charge is 2.50. The fraction of sp³-hybridized carbons (Fsp3) is 0.833. The Morgan fingerprint density at radius 3 is 2.06 bits per heavy atom. The van der Waals surface area contributed by atoms with Crippen LogP contribution in [0.1, 0.15) is 43.9 Å². The molecule has 4 heteroatoms. The van der Waals surface area contributed by atoms with Crippen LogP contribution in [0, 0.1) is 23.7 Å². The molecule has 1 heterocycles. The van der Waals surface area contributed by atoms with Gasteiger partial charge in [0.25, 0.3) is 0 Å². The van der Waals surface area contributed by atoms with Gasteiger partial charge in [0.2, 0.25) is 5.89 Å². The number of nitrogens with two attached hydrogens (primary N) is 1. The van der Waals surface area contributed by atoms with Crippen molar-refractivity contribution in [1.82, 2.24) is 10.2 Å². The van der Waals surface area contributed by atoms with E-state index in [4.69, 9.17) is 10.2 Å². The predicted octanol–water partition coefficient (Wildman–Crippen LogP) is 2.19. The number of rotatable bonds is 1. The zero-order chi connectivity index (χ0) is 10.7. The molecule has 0 unspecified atom stereocenters. The molecule has 0 amide bonds. The van der Waals surface area contributed by atoms with Gasteiger partial charge in [-0.1, -0.05) is 5.10 Å². The van der Waals surface area contributed by atoms with Gasteiger partial charge in [0.05, 0.1) is 0 Å². The van der Waals surface area contributed by atoms with Crippen LogP contribution in [0.25, 0.3) is 0 Å². The molecule has 4 saturated carbocycles. The van der Waals surface area contributed by atoms with Crippen molar-refractivity contribution in [1.29, 1.82) is 0 Å². The number of nitrogens with zero attached hydrogens (tertiary/aromatic N) is 2. The largest absolute Gasteiger partial charge is 0.408 e. The molecule has 16 heavy (non-hydrogen) atoms. The topological polar surface area (TPSA) is 64.9 Å². The van der Waals surface area contributed by atoms with Crippen molar-refractivity contribution in [3.8, 4) is 0 Å². The van der Waals surface area contributed by atoms with Crippen molar-refractivity contribution in [2.45, 2.75) is 38.0 Å². The van der Waals surface area contributed by atoms with Gasteiger partial charge in [-0.05, 0) is 55.8 Å². The second kappa shape index (κ2) is 2.99. The van der Waals surface area contributed by atoms with E-state index < -0.39 is 0 Å². The molecule has 2 N–H and O–H groups in total. The molecular formula is C12H17N3O. The molecule has 1 aromatic rings. The Hall–Kier alpha value is -1.06. The minimum Gasteiger partial charge on any atom is -0.408 e. The molecular weight excluding hydrogens is 202 g/mol. The van der Waals surface area contributed by atoms with Crippen molar-refractivity contribution >= 4 is 6.01 Å². The van der Waals surface area contributed by atoms with Crippen molar-refractivity contribution in [2.24, 2.45) is 23.7 Å². The SMILES string of the molecule is Nc1nnc(C2C3CC4CC(C3)CC2C4)o1. The molecule has 0 aliphatic heterocycles. The molecule has 4 fully saturated rings. The van der Waals surface area contributed by atoms with Gasteiger partial charge >= 0.3 is 6.01 Å². The molecule has 0 aromatic carbocycles. The lowest BCUT2D eigenvalue weighted by atomic mass is 9.52. The van der Waals surface area contributed by atoms with E-state index in [1.165, 1.54) is 32.1 Å². The second-order valence-electron chi connectivity index (χ2n) is 5.94. The van der Waals surface area contributed by atoms with Crippen LogP contribution in [-0.2, 0) is 0 Å². The lowest BCUT2D eigenvalue weighted by molar-refractivity contribution is -0.0113. The first-order valence-corrected chi connectivity index (χ1v) is 6.38. The summed E-state index contributed by atoms with van der Waals surface area (Å²) < 4.78 is 5.46. The average molecular weight is 219 g/mol. The van der Waals surface area contributed by atoms with Gasteiger partial charge in [-0.15, -0.1) is 5.10 Å². The smallest absolute Gasteiger partial charge is 0.312 e. The minimum absolute atomic E-state index is 0.226. The molecule has 4 aliphatic carbocycles. The fourth-order valence-electron chi connectivity index (χ4n) is 4.71. The van der Waals surface area contributed by atoms with E-state index >= 15 is 0 Å². The number of aromatic nitrogens is 2. The number of anilines is 1. The Labute approximate surface area is 94.6 Å². The molecule has 0 radical (unpaired) electrons. The maximum Gasteiger partial charge on any atom is 0.312 e. The zero-order valence-electron chi connectivity index (χ0n) is 9.30. The van der Waals surface area contributed by atoms with Crippen LogP contribution >= 0.6 is 0 Å². The Morgan fingerprint density at radius 2 is 1.56 bits per heavy atom. The molecule has 4 nitrogen and oxygen atoms in total. The van der Waals surface area contributed by atoms with Gasteiger partial charge in [0, 0.05) is 5.92 Å². The number of hydrogen-bond donors (Lipinski definition) is 1. The highest BCUT2D eigenvalue weighted by atomic mass is 16.4. The minimum atomic E-state index is 0.226. The Bertz CT molecular complexity index is 386. The van der Waals surface area contributed by atoms with E-state index in [9.17, 15) is 0 Å². The van der Waals surface area contributed by atoms with E-state index in [0.29, 0.717) is 5.92 Å². The maximum atomic E-state index is 5.53. The first-order chi connectivity index (χ1) is 7.79. The maximum absolute atomic E-state index is 5.53. The van der Waals surface area contributed by atoms with Crippen LogP contribution in [0.4, 0.5) is 6.01 Å². The molecule has 1 aromatic heterocycles. The standard InChI is InChI=1S/C12H17N3O/c13-12-15-14-11(16-12)10-8-2-6-1-7(4-8)5-9(10)3-6/h6-10H,1-5H2,(H2,13,15). The molecule has 5 rings (SSSR count). The van der Waals surface area contributed by atoms with Crippen LogP contribution in [-0.4, -0.2) is 10.2 Å². The van der Waals surface area contributed by atoms with Crippen molar-refractivity contribution < 1.29 is 4.42 Å². The average Bonchev–Trinajstić information content (AvgIpc) is 2.63. The summed E-state index contributed by atoms with van der Waals surface area (Å²) >= 11 is 0. The monoisotopic (exact) mass is 219 g/mol. The van der Waals surface area contributed by atoms with Crippen LogP contribution in [0.5, 0.6) is 0 Å². The summed E-state index contributed by atoms with van der Waals surface area (Å²) in [7, 11) is 0. The molecule has 86 valence electrons. The van der Waals surface area contributed by atoms with Gasteiger partial charge in [-0.2, -0.15) is 0 Å². The molecule has 0 atom stereocenters. The lowest BCUT2D eigenvalue weighted by Gasteiger charge is -2.53. The van der Waals surface area contributed by atoms with Crippen molar-refractivity contribution in [2.75, 3.05) is 5.73 Å². The highest BCUT2D eigenvalue weighted by Crippen LogP contribution is 2.59. The summed E-state index contributed by atoms with van der Waals surface area (Å²) in [5, 5.41) is 7.93. The van der Waals surface area contributed by atoms with E-state index in [1.807, 2.05) is 0 Å². The van der Waals surface area contributed by atoms with Gasteiger partial charge < -0.3 is 10.2 Å². The van der Waals surface area contributed by atoms with Gasteiger partial charge in [0.1, 0.15) is 0 Å². The normalized spacial score (nSPS) is 45.1. The van der Waals surface area contributed by atoms with Crippen LogP contribution in [0.2, 0.25) is 0 Å². The van der Waals surface area contributed by atoms with Crippen molar-refractivity contribution in [3.05, 3.63) is 5.89 Å². The van der Waals surface area contributed by atoms with E-state index in [2.05, 4.69) is 10.2 Å². The Balaban J connectivity index is 1.69. The summed E-state index contributed by atoms with van der Waals surface area (Å²) in [4.78, 5) is 0. The molecule has 0 spiro atoms. The zero-order valence-corrected chi connectivity index (χ0v) is 9.30. The summed E-state index contributed by atoms with van der Waals surface area (Å²) in [5.41, 5.74) is 5.53. The van der Waals surface area contributed by atoms with Crippen LogP contribution in [0.15, 0.2) is 4.42 Å². The van der Waals surface area contributed by atoms with Gasteiger partial charge in [-0.3, -0.25) is 0 Å². The Morgan fingerprint density at radius 1 is 0.938 bits per heavy atom. The number of hydrogen-bond acceptors (Lipinski definition) is 4. The van der Waals surface area contributed by atoms with Crippen LogP contribution < -0.4 is 5.73 Å². The van der Waals surface area contributed by atoms with Crippen LogP contribution in [0.3, 0.4) is 0 Å². The third-order valence-corrected chi connectivity index (χ3v) is 4.97. The summed E-state index contributed by atoms with van der Waals surface area (Å²) in [6.45, 7) is 0. The second-order valence-corrected chi connectivity index (χ2v) is 5.94. The highest BCUT2D eigenvalue weighted by molar-refractivity contribution is 5.12. The van der Waals surface area contributed by atoms with E-state index in [-0.39, 0.29) is 6.01 Å². The first-order valence-electron chi connectivity index (χ1n) is 6.38. The first kappa shape index (κ1) is 9.02. The number of nitrogen functional groups attached to an aromatic ring is 1. The molecule has 4 aliphatic rings. The molecule has 0 saturated heterocycles. The summed E-state index contributed by atoms with van der Waals surface area (Å²) in [6.07, 6.45) is 6.98. The third-order valence-electron chi connectivity index (χ3n) is 4.97. The Kier molecular flexibility index (Phi) is 1.69. The van der Waals surface area contributed by atoms with E-state index in [0.717, 1.165) is 29.6 Å². The van der Waals surface area contributed by atoms with E-state index in [1.54, 1.807) is 0 Å². The van der Waals surface area contributed by atoms with Crippen molar-refractivity contribution in [3.63, 3.8) is 0 Å². The summed E-state index contributed by atoms with van der Waals surface area (Å²) in [6, 6.07) is 0.226. The quantitative estimate of drug-likeness (QED) is 0.786. The summed E-state index contributed by atoms with van der Waals surface area (Å²) in [5.74, 6) is 4.87. The predicted molar refractivity (Wildman–Crippen MR) is 58.5 cm³/mol. The third kappa shape index (κ3) is 1.16. The lowest BCUT2D eigenvalue weighted by Crippen LogP contribution is -2.43. The fourth-order valence-corrected chi connectivity index (χ4v) is 4.71. The van der Waals surface area contributed by atoms with Gasteiger partial charge in [-0.25, -0.2) is 0 Å². The van der Waals surface area contributed by atoms with Gasteiger partial charge in [0.15, 0.2) is 0 Å².